The molecule has 2 saturated carbocycles. The Balaban J connectivity index is 1.44. The molecule has 2 aliphatic carbocycles. The number of carbonyl (C=O) groups excluding carboxylic acids is 2. The van der Waals surface area contributed by atoms with Crippen LogP contribution in [0.2, 0.25) is 5.02 Å². The van der Waals surface area contributed by atoms with Gasteiger partial charge in [0, 0.05) is 55.4 Å². The Bertz CT molecular complexity index is 931. The molecule has 0 bridgehead atoms. The molecule has 0 radical (unpaired) electrons. The lowest BCUT2D eigenvalue weighted by molar-refractivity contribution is -0.135. The standard InChI is InChI=1S/C33H54ClN5O2/c1-3-37(4-2)33(41)39(29-10-8-6-5-7-9-11-29)30-20-22-38(23-21-30)32(40)31(24-25-12-14-26(34)15-13-25)36-28-18-16-27(35)17-19-28/h12-15,27-31,36H,3-11,16-24,35H2,1-2H3/t27-,28+,31-/m1/s1. The van der Waals surface area contributed by atoms with Gasteiger partial charge in [0.1, 0.15) is 0 Å². The molecule has 7 nitrogen and oxygen atoms in total. The van der Waals surface area contributed by atoms with Crippen LogP contribution in [0.1, 0.15) is 103 Å². The van der Waals surface area contributed by atoms with Gasteiger partial charge in [0.05, 0.1) is 6.04 Å². The number of nitrogens with two attached hydrogens (primary N) is 1. The summed E-state index contributed by atoms with van der Waals surface area (Å²) in [7, 11) is 0. The molecule has 1 aromatic carbocycles. The highest BCUT2D eigenvalue weighted by Crippen LogP contribution is 2.29. The van der Waals surface area contributed by atoms with Crippen LogP contribution in [0.3, 0.4) is 0 Å². The summed E-state index contributed by atoms with van der Waals surface area (Å²) >= 11 is 6.14. The Kier molecular flexibility index (Phi) is 12.6. The van der Waals surface area contributed by atoms with E-state index in [4.69, 9.17) is 17.3 Å². The molecule has 1 saturated heterocycles. The molecule has 1 aliphatic heterocycles. The quantitative estimate of drug-likeness (QED) is 0.372. The summed E-state index contributed by atoms with van der Waals surface area (Å²) in [5.41, 5.74) is 7.27. The summed E-state index contributed by atoms with van der Waals surface area (Å²) in [4.78, 5) is 34.2. The molecule has 0 aromatic heterocycles. The largest absolute Gasteiger partial charge is 0.341 e. The number of rotatable bonds is 9. The lowest BCUT2D eigenvalue weighted by Crippen LogP contribution is -2.58. The highest BCUT2D eigenvalue weighted by Gasteiger charge is 2.37. The van der Waals surface area contributed by atoms with Gasteiger partial charge in [-0.25, -0.2) is 4.79 Å². The van der Waals surface area contributed by atoms with E-state index in [1.54, 1.807) is 0 Å². The van der Waals surface area contributed by atoms with Crippen molar-refractivity contribution in [3.63, 3.8) is 0 Å². The third-order valence-corrected chi connectivity index (χ3v) is 10.0. The number of nitrogens with one attached hydrogen (secondary N) is 1. The number of urea groups is 1. The molecule has 8 heteroatoms. The molecule has 230 valence electrons. The second kappa shape index (κ2) is 16.1. The normalized spacial score (nSPS) is 23.9. The second-order valence-electron chi connectivity index (χ2n) is 12.6. The minimum absolute atomic E-state index is 0.181. The highest BCUT2D eigenvalue weighted by molar-refractivity contribution is 6.30. The number of carbonyl (C=O) groups is 2. The maximum Gasteiger partial charge on any atom is 0.320 e. The van der Waals surface area contributed by atoms with Crippen LogP contribution in [0.15, 0.2) is 24.3 Å². The van der Waals surface area contributed by atoms with Gasteiger partial charge >= 0.3 is 6.03 Å². The predicted molar refractivity (Wildman–Crippen MR) is 168 cm³/mol. The van der Waals surface area contributed by atoms with Crippen LogP contribution < -0.4 is 11.1 Å². The summed E-state index contributed by atoms with van der Waals surface area (Å²) < 4.78 is 0. The van der Waals surface area contributed by atoms with Gasteiger partial charge in [-0.05, 0) is 89.3 Å². The molecule has 0 spiro atoms. The van der Waals surface area contributed by atoms with Gasteiger partial charge in [-0.3, -0.25) is 4.79 Å². The molecule has 1 atom stereocenters. The Morgan fingerprint density at radius 1 is 0.878 bits per heavy atom. The van der Waals surface area contributed by atoms with Crippen molar-refractivity contribution in [2.75, 3.05) is 26.2 Å². The van der Waals surface area contributed by atoms with Gasteiger partial charge < -0.3 is 25.8 Å². The van der Waals surface area contributed by atoms with Crippen LogP contribution >= 0.6 is 11.6 Å². The lowest BCUT2D eigenvalue weighted by atomic mass is 9.90. The second-order valence-corrected chi connectivity index (χ2v) is 13.0. The first-order valence-corrected chi connectivity index (χ1v) is 16.9. The van der Waals surface area contributed by atoms with E-state index < -0.39 is 0 Å². The average Bonchev–Trinajstić information content (AvgIpc) is 2.97. The van der Waals surface area contributed by atoms with Gasteiger partial charge in [-0.15, -0.1) is 0 Å². The zero-order valence-corrected chi connectivity index (χ0v) is 26.3. The van der Waals surface area contributed by atoms with Crippen molar-refractivity contribution in [2.24, 2.45) is 5.73 Å². The summed E-state index contributed by atoms with van der Waals surface area (Å²) in [6.07, 6.45) is 14.8. The zero-order valence-electron chi connectivity index (χ0n) is 25.5. The number of hydrogen-bond donors (Lipinski definition) is 2. The van der Waals surface area contributed by atoms with Crippen molar-refractivity contribution in [3.8, 4) is 0 Å². The van der Waals surface area contributed by atoms with E-state index in [1.807, 2.05) is 29.2 Å². The van der Waals surface area contributed by atoms with E-state index in [2.05, 4.69) is 29.0 Å². The van der Waals surface area contributed by atoms with Crippen molar-refractivity contribution in [1.82, 2.24) is 20.0 Å². The Hall–Kier alpha value is -1.83. The van der Waals surface area contributed by atoms with Crippen molar-refractivity contribution in [3.05, 3.63) is 34.9 Å². The first-order chi connectivity index (χ1) is 19.9. The molecular formula is C33H54ClN5O2. The number of amides is 3. The number of benzene rings is 1. The fourth-order valence-corrected chi connectivity index (χ4v) is 7.34. The van der Waals surface area contributed by atoms with Gasteiger partial charge in [-0.1, -0.05) is 55.8 Å². The zero-order chi connectivity index (χ0) is 29.2. The van der Waals surface area contributed by atoms with Gasteiger partial charge in [0.25, 0.3) is 0 Å². The molecule has 4 rings (SSSR count). The monoisotopic (exact) mass is 587 g/mol. The Labute approximate surface area is 253 Å². The molecule has 3 amide bonds. The molecule has 1 heterocycles. The van der Waals surface area contributed by atoms with Crippen molar-refractivity contribution in [1.29, 1.82) is 0 Å². The number of piperidine rings is 1. The number of likely N-dealkylation sites (tertiary alicyclic amines) is 1. The highest BCUT2D eigenvalue weighted by atomic mass is 35.5. The molecule has 3 N–H and O–H groups in total. The molecule has 0 unspecified atom stereocenters. The van der Waals surface area contributed by atoms with Crippen LogP contribution in [-0.2, 0) is 11.2 Å². The molecular weight excluding hydrogens is 534 g/mol. The number of nitrogens with zero attached hydrogens (tertiary/aromatic N) is 3. The smallest absolute Gasteiger partial charge is 0.320 e. The summed E-state index contributed by atoms with van der Waals surface area (Å²) in [5.74, 6) is 0.181. The minimum atomic E-state index is -0.272. The van der Waals surface area contributed by atoms with E-state index in [-0.39, 0.29) is 30.1 Å². The maximum absolute atomic E-state index is 14.0. The molecule has 3 fully saturated rings. The van der Waals surface area contributed by atoms with Crippen molar-refractivity contribution >= 4 is 23.5 Å². The summed E-state index contributed by atoms with van der Waals surface area (Å²) in [6, 6.07) is 8.88. The van der Waals surface area contributed by atoms with Crippen LogP contribution in [0.5, 0.6) is 0 Å². The number of hydrogen-bond acceptors (Lipinski definition) is 4. The number of halogens is 1. The Morgan fingerprint density at radius 3 is 2.02 bits per heavy atom. The van der Waals surface area contributed by atoms with E-state index in [0.717, 1.165) is 70.0 Å². The topological polar surface area (TPSA) is 81.9 Å². The SMILES string of the molecule is CCN(CC)C(=O)N(C1CCCCCCC1)C1CCN(C(=O)[C@@H](Cc2ccc(Cl)cc2)N[C@H]2CC[C@@H](N)CC2)CC1. The van der Waals surface area contributed by atoms with E-state index in [9.17, 15) is 9.59 Å². The van der Waals surface area contributed by atoms with Crippen molar-refractivity contribution < 1.29 is 9.59 Å². The maximum atomic E-state index is 14.0. The van der Waals surface area contributed by atoms with Crippen LogP contribution in [-0.4, -0.2) is 83.0 Å². The van der Waals surface area contributed by atoms with E-state index in [1.165, 1.54) is 32.1 Å². The predicted octanol–water partition coefficient (Wildman–Crippen LogP) is 5.98. The fourth-order valence-electron chi connectivity index (χ4n) is 7.21. The van der Waals surface area contributed by atoms with E-state index in [0.29, 0.717) is 36.6 Å². The molecule has 3 aliphatic rings. The summed E-state index contributed by atoms with van der Waals surface area (Å²) in [5, 5.41) is 4.44. The first kappa shape index (κ1) is 32.1. The summed E-state index contributed by atoms with van der Waals surface area (Å²) in [6.45, 7) is 7.03. The van der Waals surface area contributed by atoms with Gasteiger partial charge in [-0.2, -0.15) is 0 Å². The van der Waals surface area contributed by atoms with Crippen LogP contribution in [0.25, 0.3) is 0 Å². The van der Waals surface area contributed by atoms with Crippen molar-refractivity contribution in [2.45, 2.75) is 134 Å². The minimum Gasteiger partial charge on any atom is -0.341 e. The molecule has 41 heavy (non-hydrogen) atoms. The third-order valence-electron chi connectivity index (χ3n) is 9.75. The van der Waals surface area contributed by atoms with Gasteiger partial charge in [0.15, 0.2) is 0 Å². The van der Waals surface area contributed by atoms with Gasteiger partial charge in [0.2, 0.25) is 5.91 Å². The Morgan fingerprint density at radius 2 is 1.44 bits per heavy atom. The third kappa shape index (κ3) is 9.08. The average molecular weight is 588 g/mol. The molecule has 1 aromatic rings. The fraction of sp³-hybridized carbons (Fsp3) is 0.758. The van der Waals surface area contributed by atoms with Crippen LogP contribution in [0.4, 0.5) is 4.79 Å². The lowest BCUT2D eigenvalue weighted by Gasteiger charge is -2.45. The van der Waals surface area contributed by atoms with E-state index >= 15 is 0 Å². The first-order valence-electron chi connectivity index (χ1n) is 16.5. The van der Waals surface area contributed by atoms with Crippen LogP contribution in [0, 0.1) is 0 Å².